The highest BCUT2D eigenvalue weighted by atomic mass is 32.2. The third-order valence-electron chi connectivity index (χ3n) is 3.28. The lowest BCUT2D eigenvalue weighted by Gasteiger charge is -2.26. The minimum absolute atomic E-state index is 0.187. The van der Waals surface area contributed by atoms with E-state index in [4.69, 9.17) is 0 Å². The molecule has 0 radical (unpaired) electrons. The van der Waals surface area contributed by atoms with E-state index in [2.05, 4.69) is 31.2 Å². The second kappa shape index (κ2) is 6.14. The molecule has 1 saturated heterocycles. The monoisotopic (exact) mass is 265 g/mol. The maximum absolute atomic E-state index is 12.0. The van der Waals surface area contributed by atoms with Crippen molar-refractivity contribution in [3.8, 4) is 0 Å². The fourth-order valence-corrected chi connectivity index (χ4v) is 3.10. The standard InChI is InChI=1S/C14H19NO2S/c1-12-2-4-13(5-3-12)6-7-14(16)15-8-10-18(17)11-9-15/h2-5H,6-11H2,1H3. The van der Waals surface area contributed by atoms with Crippen LogP contribution >= 0.6 is 0 Å². The Labute approximate surface area is 111 Å². The van der Waals surface area contributed by atoms with E-state index in [-0.39, 0.29) is 5.91 Å². The molecular weight excluding hydrogens is 246 g/mol. The van der Waals surface area contributed by atoms with Gasteiger partial charge < -0.3 is 4.90 Å². The number of benzene rings is 1. The van der Waals surface area contributed by atoms with Crippen molar-refractivity contribution in [1.82, 2.24) is 4.90 Å². The van der Waals surface area contributed by atoms with Gasteiger partial charge in [-0.1, -0.05) is 29.8 Å². The summed E-state index contributed by atoms with van der Waals surface area (Å²) in [5.41, 5.74) is 2.44. The molecule has 0 unspecified atom stereocenters. The lowest BCUT2D eigenvalue weighted by atomic mass is 10.1. The molecular formula is C14H19NO2S. The van der Waals surface area contributed by atoms with Crippen LogP contribution in [0.4, 0.5) is 0 Å². The van der Waals surface area contributed by atoms with E-state index in [1.807, 2.05) is 4.90 Å². The van der Waals surface area contributed by atoms with Gasteiger partial charge in [-0.25, -0.2) is 0 Å². The van der Waals surface area contributed by atoms with Gasteiger partial charge in [0.1, 0.15) is 0 Å². The summed E-state index contributed by atoms with van der Waals surface area (Å²) in [4.78, 5) is 13.8. The zero-order chi connectivity index (χ0) is 13.0. The van der Waals surface area contributed by atoms with E-state index >= 15 is 0 Å². The second-order valence-corrected chi connectivity index (χ2v) is 6.41. The Hall–Kier alpha value is -1.16. The summed E-state index contributed by atoms with van der Waals surface area (Å²) in [6.07, 6.45) is 1.34. The first-order chi connectivity index (χ1) is 8.65. The Kier molecular flexibility index (Phi) is 4.53. The Bertz CT molecular complexity index is 432. The molecule has 0 aromatic heterocycles. The highest BCUT2D eigenvalue weighted by molar-refractivity contribution is 7.85. The van der Waals surface area contributed by atoms with E-state index in [0.717, 1.165) is 6.42 Å². The van der Waals surface area contributed by atoms with E-state index in [0.29, 0.717) is 31.0 Å². The van der Waals surface area contributed by atoms with Crippen molar-refractivity contribution in [2.24, 2.45) is 0 Å². The molecule has 0 saturated carbocycles. The van der Waals surface area contributed by atoms with Crippen molar-refractivity contribution in [1.29, 1.82) is 0 Å². The number of aryl methyl sites for hydroxylation is 2. The molecule has 1 aliphatic rings. The third-order valence-corrected chi connectivity index (χ3v) is 4.55. The molecule has 98 valence electrons. The van der Waals surface area contributed by atoms with E-state index in [1.54, 1.807) is 0 Å². The minimum Gasteiger partial charge on any atom is -0.341 e. The molecule has 1 aromatic carbocycles. The molecule has 4 heteroatoms. The first kappa shape index (κ1) is 13.3. The summed E-state index contributed by atoms with van der Waals surface area (Å²) in [5, 5.41) is 0. The molecule has 0 bridgehead atoms. The van der Waals surface area contributed by atoms with Gasteiger partial charge in [0.05, 0.1) is 0 Å². The van der Waals surface area contributed by atoms with Crippen LogP contribution in [0.1, 0.15) is 17.5 Å². The zero-order valence-corrected chi connectivity index (χ0v) is 11.5. The maximum atomic E-state index is 12.0. The number of rotatable bonds is 3. The summed E-state index contributed by atoms with van der Waals surface area (Å²) >= 11 is 0. The van der Waals surface area contributed by atoms with Gasteiger partial charge in [-0.15, -0.1) is 0 Å². The molecule has 0 aliphatic carbocycles. The summed E-state index contributed by atoms with van der Waals surface area (Å²) < 4.78 is 11.2. The largest absolute Gasteiger partial charge is 0.341 e. The van der Waals surface area contributed by atoms with Crippen LogP contribution in [0.5, 0.6) is 0 Å². The molecule has 1 aliphatic heterocycles. The highest BCUT2D eigenvalue weighted by Gasteiger charge is 2.19. The number of amides is 1. The predicted molar refractivity (Wildman–Crippen MR) is 74.0 cm³/mol. The molecule has 0 atom stereocenters. The van der Waals surface area contributed by atoms with Crippen molar-refractivity contribution in [3.63, 3.8) is 0 Å². The molecule has 1 heterocycles. The van der Waals surface area contributed by atoms with Crippen LogP contribution in [0, 0.1) is 6.92 Å². The minimum atomic E-state index is -0.714. The van der Waals surface area contributed by atoms with Gasteiger partial charge >= 0.3 is 0 Å². The number of carbonyl (C=O) groups is 1. The van der Waals surface area contributed by atoms with Gasteiger partial charge in [-0.2, -0.15) is 0 Å². The summed E-state index contributed by atoms with van der Waals surface area (Å²) in [6, 6.07) is 8.30. The van der Waals surface area contributed by atoms with Crippen molar-refractivity contribution in [2.75, 3.05) is 24.6 Å². The SMILES string of the molecule is Cc1ccc(CCC(=O)N2CCS(=O)CC2)cc1. The third kappa shape index (κ3) is 3.67. The van der Waals surface area contributed by atoms with Crippen molar-refractivity contribution < 1.29 is 9.00 Å². The highest BCUT2D eigenvalue weighted by Crippen LogP contribution is 2.08. The Morgan fingerprint density at radius 3 is 2.44 bits per heavy atom. The van der Waals surface area contributed by atoms with Crippen LogP contribution < -0.4 is 0 Å². The van der Waals surface area contributed by atoms with Gasteiger partial charge in [0.2, 0.25) is 5.91 Å². The van der Waals surface area contributed by atoms with Crippen LogP contribution in [-0.4, -0.2) is 39.6 Å². The Morgan fingerprint density at radius 1 is 1.22 bits per heavy atom. The molecule has 1 aromatic rings. The van der Waals surface area contributed by atoms with Crippen LogP contribution in [0.2, 0.25) is 0 Å². The van der Waals surface area contributed by atoms with Crippen molar-refractivity contribution >= 4 is 16.7 Å². The normalized spacial score (nSPS) is 16.8. The van der Waals surface area contributed by atoms with Crippen LogP contribution in [0.3, 0.4) is 0 Å². The smallest absolute Gasteiger partial charge is 0.222 e. The van der Waals surface area contributed by atoms with Gasteiger partial charge in [-0.3, -0.25) is 9.00 Å². The summed E-state index contributed by atoms with van der Waals surface area (Å²) in [6.45, 7) is 3.36. The Morgan fingerprint density at radius 2 is 1.83 bits per heavy atom. The average Bonchev–Trinajstić information content (AvgIpc) is 2.38. The molecule has 1 fully saturated rings. The van der Waals surface area contributed by atoms with E-state index < -0.39 is 10.8 Å². The number of carbonyl (C=O) groups excluding carboxylic acids is 1. The van der Waals surface area contributed by atoms with Crippen molar-refractivity contribution in [2.45, 2.75) is 19.8 Å². The molecule has 18 heavy (non-hydrogen) atoms. The topological polar surface area (TPSA) is 37.4 Å². The van der Waals surface area contributed by atoms with Gasteiger partial charge in [0.15, 0.2) is 0 Å². The van der Waals surface area contributed by atoms with Crippen LogP contribution in [-0.2, 0) is 22.0 Å². The van der Waals surface area contributed by atoms with Gasteiger partial charge in [0.25, 0.3) is 0 Å². The van der Waals surface area contributed by atoms with E-state index in [9.17, 15) is 9.00 Å². The zero-order valence-electron chi connectivity index (χ0n) is 10.7. The van der Waals surface area contributed by atoms with Gasteiger partial charge in [-0.05, 0) is 18.9 Å². The first-order valence-corrected chi connectivity index (χ1v) is 7.82. The molecule has 0 N–H and O–H groups in total. The lowest BCUT2D eigenvalue weighted by Crippen LogP contribution is -2.41. The second-order valence-electron chi connectivity index (χ2n) is 4.71. The van der Waals surface area contributed by atoms with E-state index in [1.165, 1.54) is 11.1 Å². The molecule has 1 amide bonds. The quantitative estimate of drug-likeness (QED) is 0.831. The molecule has 3 nitrogen and oxygen atoms in total. The van der Waals surface area contributed by atoms with Crippen LogP contribution in [0.25, 0.3) is 0 Å². The number of hydrogen-bond donors (Lipinski definition) is 0. The number of hydrogen-bond acceptors (Lipinski definition) is 2. The summed E-state index contributed by atoms with van der Waals surface area (Å²) in [5.74, 6) is 1.46. The van der Waals surface area contributed by atoms with Crippen molar-refractivity contribution in [3.05, 3.63) is 35.4 Å². The number of nitrogens with zero attached hydrogens (tertiary/aromatic N) is 1. The first-order valence-electron chi connectivity index (χ1n) is 6.33. The van der Waals surface area contributed by atoms with Crippen LogP contribution in [0.15, 0.2) is 24.3 Å². The average molecular weight is 265 g/mol. The fraction of sp³-hybridized carbons (Fsp3) is 0.500. The lowest BCUT2D eigenvalue weighted by molar-refractivity contribution is -0.130. The summed E-state index contributed by atoms with van der Waals surface area (Å²) in [7, 11) is -0.714. The predicted octanol–water partition coefficient (Wildman–Crippen LogP) is 1.52. The molecule has 0 spiro atoms. The van der Waals surface area contributed by atoms with Gasteiger partial charge in [0, 0.05) is 41.8 Å². The Balaban J connectivity index is 1.81. The maximum Gasteiger partial charge on any atom is 0.222 e. The fourth-order valence-electron chi connectivity index (χ4n) is 2.05. The molecule has 2 rings (SSSR count).